The highest BCUT2D eigenvalue weighted by Gasteiger charge is 2.09. The van der Waals surface area contributed by atoms with Gasteiger partial charge in [-0.25, -0.2) is 9.37 Å². The van der Waals surface area contributed by atoms with E-state index in [9.17, 15) is 4.39 Å². The first kappa shape index (κ1) is 12.3. The van der Waals surface area contributed by atoms with Crippen molar-refractivity contribution in [3.05, 3.63) is 39.9 Å². The molecule has 0 saturated carbocycles. The Morgan fingerprint density at radius 3 is 2.95 bits per heavy atom. The number of hydrogen-bond acceptors (Lipinski definition) is 5. The minimum Gasteiger partial charge on any atom is -0.368 e. The Bertz CT molecular complexity index is 759. The first-order chi connectivity index (χ1) is 9.13. The average molecular weight is 339 g/mol. The Labute approximate surface area is 120 Å². The zero-order valence-electron chi connectivity index (χ0n) is 9.52. The quantitative estimate of drug-likeness (QED) is 0.743. The lowest BCUT2D eigenvalue weighted by Crippen LogP contribution is -2.00. The van der Waals surface area contributed by atoms with Crippen LogP contribution in [-0.2, 0) is 0 Å². The fraction of sp³-hybridized carbons (Fsp3) is 0. The maximum Gasteiger partial charge on any atom is 0.223 e. The molecular formula is C12H8BrFN4S. The smallest absolute Gasteiger partial charge is 0.223 e. The van der Waals surface area contributed by atoms with E-state index < -0.39 is 0 Å². The Kier molecular flexibility index (Phi) is 3.08. The Balaban J connectivity index is 2.10. The maximum absolute atomic E-state index is 13.3. The van der Waals surface area contributed by atoms with Crippen molar-refractivity contribution < 1.29 is 4.39 Å². The summed E-state index contributed by atoms with van der Waals surface area (Å²) in [5.74, 6) is 0.425. The molecule has 0 saturated heterocycles. The number of nitrogens with zero attached hydrogens (tertiary/aromatic N) is 2. The Hall–Kier alpha value is -1.73. The summed E-state index contributed by atoms with van der Waals surface area (Å²) in [6.07, 6.45) is 0. The summed E-state index contributed by atoms with van der Waals surface area (Å²) >= 11 is 4.84. The van der Waals surface area contributed by atoms with E-state index in [1.54, 1.807) is 6.07 Å². The molecule has 1 aromatic carbocycles. The van der Waals surface area contributed by atoms with Crippen molar-refractivity contribution in [2.45, 2.75) is 0 Å². The maximum atomic E-state index is 13.3. The number of benzene rings is 1. The molecule has 0 spiro atoms. The monoisotopic (exact) mass is 338 g/mol. The number of rotatable bonds is 2. The van der Waals surface area contributed by atoms with Gasteiger partial charge in [0.15, 0.2) is 0 Å². The summed E-state index contributed by atoms with van der Waals surface area (Å²) in [6.45, 7) is 0. The van der Waals surface area contributed by atoms with E-state index in [1.165, 1.54) is 23.5 Å². The van der Waals surface area contributed by atoms with Gasteiger partial charge >= 0.3 is 0 Å². The molecule has 3 N–H and O–H groups in total. The van der Waals surface area contributed by atoms with Gasteiger partial charge in [-0.2, -0.15) is 4.98 Å². The van der Waals surface area contributed by atoms with E-state index in [0.29, 0.717) is 11.5 Å². The lowest BCUT2D eigenvalue weighted by molar-refractivity contribution is 0.628. The van der Waals surface area contributed by atoms with Crippen LogP contribution in [0, 0.1) is 5.82 Å². The van der Waals surface area contributed by atoms with Crippen molar-refractivity contribution in [2.24, 2.45) is 0 Å². The molecule has 19 heavy (non-hydrogen) atoms. The lowest BCUT2D eigenvalue weighted by atomic mass is 10.3. The summed E-state index contributed by atoms with van der Waals surface area (Å²) in [4.78, 5) is 9.09. The standard InChI is InChI=1S/C12H8BrFN4S/c13-8-2-1-6(14)5-9(8)16-10-7-3-4-19-11(7)18-12(15)17-10/h1-5H,(H3,15,16,17,18). The van der Waals surface area contributed by atoms with Crippen LogP contribution < -0.4 is 11.1 Å². The minimum atomic E-state index is -0.325. The fourth-order valence-electron chi connectivity index (χ4n) is 1.69. The number of hydrogen-bond donors (Lipinski definition) is 2. The molecule has 0 aliphatic heterocycles. The van der Waals surface area contributed by atoms with Crippen LogP contribution in [-0.4, -0.2) is 9.97 Å². The van der Waals surface area contributed by atoms with Crippen molar-refractivity contribution in [1.29, 1.82) is 0 Å². The van der Waals surface area contributed by atoms with Crippen molar-refractivity contribution in [3.63, 3.8) is 0 Å². The molecule has 0 amide bonds. The van der Waals surface area contributed by atoms with Crippen LogP contribution in [0.15, 0.2) is 34.1 Å². The summed E-state index contributed by atoms with van der Waals surface area (Å²) in [7, 11) is 0. The molecule has 0 radical (unpaired) electrons. The summed E-state index contributed by atoms with van der Waals surface area (Å²) < 4.78 is 14.0. The molecule has 0 aliphatic carbocycles. The van der Waals surface area contributed by atoms with Crippen LogP contribution in [0.2, 0.25) is 0 Å². The van der Waals surface area contributed by atoms with Crippen LogP contribution in [0.5, 0.6) is 0 Å². The number of fused-ring (bicyclic) bond motifs is 1. The summed E-state index contributed by atoms with van der Waals surface area (Å²) in [6, 6.07) is 6.30. The predicted octanol–water partition coefficient (Wildman–Crippen LogP) is 3.92. The highest BCUT2D eigenvalue weighted by Crippen LogP contribution is 2.31. The third kappa shape index (κ3) is 2.39. The van der Waals surface area contributed by atoms with Crippen LogP contribution in [0.3, 0.4) is 0 Å². The third-order valence-electron chi connectivity index (χ3n) is 2.52. The molecule has 96 valence electrons. The molecule has 3 rings (SSSR count). The van der Waals surface area contributed by atoms with Gasteiger partial charge < -0.3 is 11.1 Å². The van der Waals surface area contributed by atoms with E-state index >= 15 is 0 Å². The molecule has 0 aliphatic rings. The van der Waals surface area contributed by atoms with Crippen LogP contribution >= 0.6 is 27.3 Å². The second-order valence-electron chi connectivity index (χ2n) is 3.82. The molecule has 2 heterocycles. The number of nitrogen functional groups attached to an aromatic ring is 1. The van der Waals surface area contributed by atoms with E-state index in [-0.39, 0.29) is 11.8 Å². The zero-order chi connectivity index (χ0) is 13.4. The van der Waals surface area contributed by atoms with Gasteiger partial charge in [0, 0.05) is 4.47 Å². The van der Waals surface area contributed by atoms with E-state index in [1.807, 2.05) is 11.4 Å². The number of anilines is 3. The number of thiophene rings is 1. The first-order valence-corrected chi connectivity index (χ1v) is 7.03. The summed E-state index contributed by atoms with van der Waals surface area (Å²) in [5, 5.41) is 5.84. The molecule has 0 bridgehead atoms. The molecule has 2 aromatic heterocycles. The molecule has 0 fully saturated rings. The Morgan fingerprint density at radius 2 is 2.11 bits per heavy atom. The molecule has 0 unspecified atom stereocenters. The highest BCUT2D eigenvalue weighted by molar-refractivity contribution is 9.10. The highest BCUT2D eigenvalue weighted by atomic mass is 79.9. The fourth-order valence-corrected chi connectivity index (χ4v) is 2.80. The molecule has 4 nitrogen and oxygen atoms in total. The van der Waals surface area contributed by atoms with Gasteiger partial charge in [-0.1, -0.05) is 0 Å². The van der Waals surface area contributed by atoms with E-state index in [0.717, 1.165) is 14.7 Å². The summed E-state index contributed by atoms with van der Waals surface area (Å²) in [5.41, 5.74) is 6.25. The van der Waals surface area contributed by atoms with Gasteiger partial charge in [0.05, 0.1) is 11.1 Å². The van der Waals surface area contributed by atoms with Gasteiger partial charge in [0.2, 0.25) is 5.95 Å². The third-order valence-corrected chi connectivity index (χ3v) is 4.02. The average Bonchev–Trinajstić information content (AvgIpc) is 2.82. The number of halogens is 2. The zero-order valence-corrected chi connectivity index (χ0v) is 11.9. The van der Waals surface area contributed by atoms with Crippen molar-refractivity contribution >= 4 is 54.9 Å². The van der Waals surface area contributed by atoms with E-state index in [4.69, 9.17) is 5.73 Å². The largest absolute Gasteiger partial charge is 0.368 e. The van der Waals surface area contributed by atoms with Crippen LogP contribution in [0.1, 0.15) is 0 Å². The SMILES string of the molecule is Nc1nc(Nc2cc(F)ccc2Br)c2ccsc2n1. The minimum absolute atomic E-state index is 0.185. The van der Waals surface area contributed by atoms with Crippen LogP contribution in [0.25, 0.3) is 10.2 Å². The van der Waals surface area contributed by atoms with Gasteiger partial charge in [-0.05, 0) is 45.6 Å². The second-order valence-corrected chi connectivity index (χ2v) is 5.57. The molecule has 0 atom stereocenters. The molecular weight excluding hydrogens is 331 g/mol. The van der Waals surface area contributed by atoms with Gasteiger partial charge in [-0.3, -0.25) is 0 Å². The van der Waals surface area contributed by atoms with Crippen molar-refractivity contribution in [1.82, 2.24) is 9.97 Å². The topological polar surface area (TPSA) is 63.8 Å². The van der Waals surface area contributed by atoms with E-state index in [2.05, 4.69) is 31.2 Å². The van der Waals surface area contributed by atoms with Gasteiger partial charge in [-0.15, -0.1) is 11.3 Å². The first-order valence-electron chi connectivity index (χ1n) is 5.36. The molecule has 3 aromatic rings. The van der Waals surface area contributed by atoms with Gasteiger partial charge in [0.25, 0.3) is 0 Å². The van der Waals surface area contributed by atoms with Crippen molar-refractivity contribution in [3.8, 4) is 0 Å². The lowest BCUT2D eigenvalue weighted by Gasteiger charge is -2.09. The Morgan fingerprint density at radius 1 is 1.26 bits per heavy atom. The van der Waals surface area contributed by atoms with Crippen molar-refractivity contribution in [2.75, 3.05) is 11.1 Å². The number of nitrogens with one attached hydrogen (secondary N) is 1. The van der Waals surface area contributed by atoms with Gasteiger partial charge in [0.1, 0.15) is 16.5 Å². The predicted molar refractivity (Wildman–Crippen MR) is 79.2 cm³/mol. The van der Waals surface area contributed by atoms with Crippen LogP contribution in [0.4, 0.5) is 21.8 Å². The molecule has 7 heteroatoms. The number of aromatic nitrogens is 2. The normalized spacial score (nSPS) is 10.8. The second kappa shape index (κ2) is 4.75. The number of nitrogens with two attached hydrogens (primary N) is 1.